The zero-order valence-corrected chi connectivity index (χ0v) is 12.0. The Labute approximate surface area is 113 Å². The van der Waals surface area contributed by atoms with Crippen molar-refractivity contribution in [3.05, 3.63) is 19.2 Å². The lowest BCUT2D eigenvalue weighted by Crippen LogP contribution is -2.27. The molecule has 88 valence electrons. The molecular weight excluding hydrogens is 362 g/mol. The first kappa shape index (κ1) is 13.5. The summed E-state index contributed by atoms with van der Waals surface area (Å²) in [5, 5.41) is 13.8. The lowest BCUT2D eigenvalue weighted by molar-refractivity contribution is 0.0954. The molecule has 16 heavy (non-hydrogen) atoms. The second-order valence-corrected chi connectivity index (χ2v) is 6.58. The van der Waals surface area contributed by atoms with Crippen molar-refractivity contribution in [2.45, 2.75) is 6.42 Å². The van der Waals surface area contributed by atoms with Crippen LogP contribution in [0.25, 0.3) is 0 Å². The molecule has 0 atom stereocenters. The molecule has 0 aliphatic heterocycles. The van der Waals surface area contributed by atoms with Gasteiger partial charge in [0, 0.05) is 13.0 Å². The summed E-state index contributed by atoms with van der Waals surface area (Å²) in [6.45, 7) is 0.328. The second kappa shape index (κ2) is 6.21. The Bertz CT molecular complexity index is 419. The van der Waals surface area contributed by atoms with Gasteiger partial charge in [0.2, 0.25) is 0 Å². The SMILES string of the molecule is N/C(CCNC(=O)c1cc(Br)sc1Br)=N/O. The maximum atomic E-state index is 11.7. The number of amidine groups is 1. The maximum Gasteiger partial charge on any atom is 0.253 e. The number of hydrogen-bond donors (Lipinski definition) is 3. The smallest absolute Gasteiger partial charge is 0.253 e. The molecule has 0 aliphatic rings. The van der Waals surface area contributed by atoms with Gasteiger partial charge in [0.25, 0.3) is 5.91 Å². The van der Waals surface area contributed by atoms with Crippen LogP contribution in [-0.4, -0.2) is 23.5 Å². The predicted molar refractivity (Wildman–Crippen MR) is 70.1 cm³/mol. The van der Waals surface area contributed by atoms with E-state index in [1.54, 1.807) is 6.07 Å². The summed E-state index contributed by atoms with van der Waals surface area (Å²) in [4.78, 5) is 11.7. The van der Waals surface area contributed by atoms with Gasteiger partial charge in [0.05, 0.1) is 13.1 Å². The molecule has 5 nitrogen and oxygen atoms in total. The molecule has 8 heteroatoms. The fourth-order valence-corrected chi connectivity index (χ4v) is 3.74. The number of nitrogens with zero attached hydrogens (tertiary/aromatic N) is 1. The van der Waals surface area contributed by atoms with Crippen molar-refractivity contribution in [1.29, 1.82) is 0 Å². The van der Waals surface area contributed by atoms with Gasteiger partial charge in [-0.1, -0.05) is 5.16 Å². The molecule has 0 fully saturated rings. The summed E-state index contributed by atoms with van der Waals surface area (Å²) >= 11 is 8.01. The molecule has 1 aromatic heterocycles. The van der Waals surface area contributed by atoms with Crippen molar-refractivity contribution in [2.75, 3.05) is 6.54 Å². The van der Waals surface area contributed by atoms with Crippen LogP contribution in [0.2, 0.25) is 0 Å². The van der Waals surface area contributed by atoms with Gasteiger partial charge in [-0.05, 0) is 37.9 Å². The summed E-state index contributed by atoms with van der Waals surface area (Å²) in [5.74, 6) is -0.106. The first-order chi connectivity index (χ1) is 7.54. The molecule has 0 bridgehead atoms. The van der Waals surface area contributed by atoms with E-state index in [-0.39, 0.29) is 11.7 Å². The van der Waals surface area contributed by atoms with Crippen molar-refractivity contribution in [1.82, 2.24) is 5.32 Å². The summed E-state index contributed by atoms with van der Waals surface area (Å²) in [6, 6.07) is 1.73. The fraction of sp³-hybridized carbons (Fsp3) is 0.250. The van der Waals surface area contributed by atoms with E-state index >= 15 is 0 Å². The normalized spacial score (nSPS) is 11.5. The van der Waals surface area contributed by atoms with Crippen molar-refractivity contribution >= 4 is 54.9 Å². The lowest BCUT2D eigenvalue weighted by Gasteiger charge is -2.02. The number of oxime groups is 1. The highest BCUT2D eigenvalue weighted by molar-refractivity contribution is 9.12. The number of carbonyl (C=O) groups excluding carboxylic acids is 1. The highest BCUT2D eigenvalue weighted by atomic mass is 79.9. The highest BCUT2D eigenvalue weighted by Gasteiger charge is 2.12. The molecule has 0 saturated carbocycles. The maximum absolute atomic E-state index is 11.7. The third-order valence-electron chi connectivity index (χ3n) is 1.70. The largest absolute Gasteiger partial charge is 0.409 e. The van der Waals surface area contributed by atoms with E-state index in [9.17, 15) is 4.79 Å². The summed E-state index contributed by atoms with van der Waals surface area (Å²) in [7, 11) is 0. The Morgan fingerprint density at radius 1 is 1.62 bits per heavy atom. The Morgan fingerprint density at radius 3 is 2.81 bits per heavy atom. The van der Waals surface area contributed by atoms with Gasteiger partial charge in [-0.3, -0.25) is 4.79 Å². The molecule has 0 unspecified atom stereocenters. The van der Waals surface area contributed by atoms with Gasteiger partial charge >= 0.3 is 0 Å². The Balaban J connectivity index is 2.50. The van der Waals surface area contributed by atoms with Crippen LogP contribution in [0.15, 0.2) is 18.8 Å². The van der Waals surface area contributed by atoms with Gasteiger partial charge in [-0.2, -0.15) is 0 Å². The summed E-state index contributed by atoms with van der Waals surface area (Å²) < 4.78 is 1.64. The van der Waals surface area contributed by atoms with Crippen LogP contribution >= 0.6 is 43.2 Å². The minimum atomic E-state index is -0.195. The van der Waals surface area contributed by atoms with E-state index in [1.807, 2.05) is 0 Å². The Hall–Kier alpha value is -0.600. The van der Waals surface area contributed by atoms with E-state index in [2.05, 4.69) is 42.3 Å². The standard InChI is InChI=1S/C8H9Br2N3O2S/c9-5-3-4(7(10)16-5)8(14)12-2-1-6(11)13-15/h3,15H,1-2H2,(H2,11,13)(H,12,14). The van der Waals surface area contributed by atoms with Gasteiger partial charge in [-0.15, -0.1) is 11.3 Å². The molecule has 1 rings (SSSR count). The molecular formula is C8H9Br2N3O2S. The second-order valence-electron chi connectivity index (χ2n) is 2.84. The average Bonchev–Trinajstić information content (AvgIpc) is 2.57. The van der Waals surface area contributed by atoms with E-state index in [0.717, 1.165) is 7.57 Å². The quantitative estimate of drug-likeness (QED) is 0.328. The third-order valence-corrected chi connectivity index (χ3v) is 4.04. The predicted octanol–water partition coefficient (Wildman–Crippen LogP) is 2.14. The lowest BCUT2D eigenvalue weighted by atomic mass is 10.3. The van der Waals surface area contributed by atoms with Crippen LogP contribution in [0, 0.1) is 0 Å². The number of nitrogens with two attached hydrogens (primary N) is 1. The van der Waals surface area contributed by atoms with E-state index < -0.39 is 0 Å². The van der Waals surface area contributed by atoms with Gasteiger partial charge in [-0.25, -0.2) is 0 Å². The molecule has 0 saturated heterocycles. The number of thiophene rings is 1. The fourth-order valence-electron chi connectivity index (χ4n) is 0.944. The van der Waals surface area contributed by atoms with E-state index in [0.29, 0.717) is 18.5 Å². The minimum Gasteiger partial charge on any atom is -0.409 e. The Kier molecular flexibility index (Phi) is 5.23. The van der Waals surface area contributed by atoms with E-state index in [1.165, 1.54) is 11.3 Å². The average molecular weight is 371 g/mol. The van der Waals surface area contributed by atoms with Crippen molar-refractivity contribution < 1.29 is 10.0 Å². The van der Waals surface area contributed by atoms with Crippen molar-refractivity contribution in [3.8, 4) is 0 Å². The number of halogens is 2. The minimum absolute atomic E-state index is 0.0888. The number of amides is 1. The zero-order chi connectivity index (χ0) is 12.1. The van der Waals surface area contributed by atoms with Crippen LogP contribution in [0.5, 0.6) is 0 Å². The monoisotopic (exact) mass is 369 g/mol. The van der Waals surface area contributed by atoms with Crippen LogP contribution in [0.4, 0.5) is 0 Å². The zero-order valence-electron chi connectivity index (χ0n) is 8.04. The van der Waals surface area contributed by atoms with Gasteiger partial charge in [0.1, 0.15) is 5.84 Å². The molecule has 1 heterocycles. The van der Waals surface area contributed by atoms with Crippen LogP contribution in [0.1, 0.15) is 16.8 Å². The molecule has 1 amide bonds. The number of hydrogen-bond acceptors (Lipinski definition) is 4. The summed E-state index contributed by atoms with van der Waals surface area (Å²) in [6.07, 6.45) is 0.311. The van der Waals surface area contributed by atoms with Crippen molar-refractivity contribution in [3.63, 3.8) is 0 Å². The molecule has 0 spiro atoms. The molecule has 4 N–H and O–H groups in total. The third kappa shape index (κ3) is 3.76. The number of rotatable bonds is 4. The summed E-state index contributed by atoms with van der Waals surface area (Å²) in [5.41, 5.74) is 5.83. The first-order valence-corrected chi connectivity index (χ1v) is 6.64. The Morgan fingerprint density at radius 2 is 2.31 bits per heavy atom. The molecule has 0 radical (unpaired) electrons. The molecule has 0 aromatic carbocycles. The van der Waals surface area contributed by atoms with Crippen molar-refractivity contribution in [2.24, 2.45) is 10.9 Å². The molecule has 0 aliphatic carbocycles. The van der Waals surface area contributed by atoms with Gasteiger partial charge in [0.15, 0.2) is 0 Å². The topological polar surface area (TPSA) is 87.7 Å². The van der Waals surface area contributed by atoms with Gasteiger partial charge < -0.3 is 16.3 Å². The van der Waals surface area contributed by atoms with Crippen LogP contribution in [0.3, 0.4) is 0 Å². The van der Waals surface area contributed by atoms with Crippen LogP contribution in [-0.2, 0) is 0 Å². The molecule has 1 aromatic rings. The van der Waals surface area contributed by atoms with Crippen LogP contribution < -0.4 is 11.1 Å². The number of nitrogens with one attached hydrogen (secondary N) is 1. The van der Waals surface area contributed by atoms with E-state index in [4.69, 9.17) is 10.9 Å². The first-order valence-electron chi connectivity index (χ1n) is 4.24. The number of carbonyl (C=O) groups is 1. The highest BCUT2D eigenvalue weighted by Crippen LogP contribution is 2.31.